The maximum Gasteiger partial charge on any atom is 0.261 e. The van der Waals surface area contributed by atoms with E-state index in [0.29, 0.717) is 22.0 Å². The Labute approximate surface area is 150 Å². The summed E-state index contributed by atoms with van der Waals surface area (Å²) in [4.78, 5) is 26.7. The van der Waals surface area contributed by atoms with E-state index in [9.17, 15) is 14.7 Å². The van der Waals surface area contributed by atoms with Gasteiger partial charge in [-0.15, -0.1) is 0 Å². The van der Waals surface area contributed by atoms with Crippen molar-refractivity contribution in [2.24, 2.45) is 0 Å². The van der Waals surface area contributed by atoms with Crippen molar-refractivity contribution < 1.29 is 14.6 Å². The maximum absolute atomic E-state index is 12.2. The van der Waals surface area contributed by atoms with E-state index in [1.165, 1.54) is 0 Å². The van der Waals surface area contributed by atoms with Gasteiger partial charge in [0.25, 0.3) is 11.5 Å². The van der Waals surface area contributed by atoms with E-state index in [0.717, 1.165) is 5.56 Å². The first-order valence-corrected chi connectivity index (χ1v) is 8.22. The maximum atomic E-state index is 12.2. The topological polar surface area (TPSA) is 91.4 Å². The van der Waals surface area contributed by atoms with E-state index >= 15 is 0 Å². The molecular weight excluding hydrogens is 344 g/mol. The molecule has 1 heterocycles. The van der Waals surface area contributed by atoms with Gasteiger partial charge in [0, 0.05) is 12.2 Å². The molecule has 1 aromatic carbocycles. The number of carbonyl (C=O) groups excluding carboxylic acids is 1. The van der Waals surface area contributed by atoms with Crippen molar-refractivity contribution in [1.82, 2.24) is 10.3 Å². The van der Waals surface area contributed by atoms with Crippen molar-refractivity contribution in [2.75, 3.05) is 13.2 Å². The number of amides is 1. The average Bonchev–Trinajstić information content (AvgIpc) is 2.57. The molecule has 25 heavy (non-hydrogen) atoms. The number of H-pyrrole nitrogens is 1. The zero-order valence-electron chi connectivity index (χ0n) is 14.4. The number of aromatic amines is 1. The molecule has 0 spiro atoms. The Kier molecular flexibility index (Phi) is 6.22. The highest BCUT2D eigenvalue weighted by Crippen LogP contribution is 2.18. The summed E-state index contributed by atoms with van der Waals surface area (Å²) in [5.74, 6) is 0.0450. The smallest absolute Gasteiger partial charge is 0.261 e. The minimum absolute atomic E-state index is 0.0212. The van der Waals surface area contributed by atoms with Crippen LogP contribution in [-0.2, 0) is 0 Å². The Morgan fingerprint density at radius 2 is 1.92 bits per heavy atom. The van der Waals surface area contributed by atoms with Gasteiger partial charge in [-0.1, -0.05) is 29.3 Å². The molecule has 0 aliphatic heterocycles. The summed E-state index contributed by atoms with van der Waals surface area (Å²) in [6.45, 7) is 5.21. The fraction of sp³-hybridized carbons (Fsp3) is 0.333. The van der Waals surface area contributed by atoms with E-state index in [4.69, 9.17) is 16.3 Å². The van der Waals surface area contributed by atoms with Crippen LogP contribution in [0.1, 0.15) is 27.2 Å². The summed E-state index contributed by atoms with van der Waals surface area (Å²) in [5, 5.41) is 12.8. The van der Waals surface area contributed by atoms with Gasteiger partial charge in [-0.2, -0.15) is 0 Å². The van der Waals surface area contributed by atoms with Crippen molar-refractivity contribution in [1.29, 1.82) is 0 Å². The van der Waals surface area contributed by atoms with Crippen LogP contribution >= 0.6 is 11.6 Å². The summed E-state index contributed by atoms with van der Waals surface area (Å²) in [6.07, 6.45) is -0.912. The lowest BCUT2D eigenvalue weighted by molar-refractivity contribution is 0.0842. The molecule has 7 heteroatoms. The van der Waals surface area contributed by atoms with Crippen molar-refractivity contribution in [2.45, 2.75) is 26.9 Å². The molecule has 1 aromatic heterocycles. The number of nitrogens with one attached hydrogen (secondary N) is 2. The lowest BCUT2D eigenvalue weighted by atomic mass is 10.1. The van der Waals surface area contributed by atoms with Gasteiger partial charge >= 0.3 is 0 Å². The number of hydrogen-bond acceptors (Lipinski definition) is 4. The minimum atomic E-state index is -0.912. The second-order valence-electron chi connectivity index (χ2n) is 5.88. The van der Waals surface area contributed by atoms with Crippen LogP contribution in [0.4, 0.5) is 0 Å². The summed E-state index contributed by atoms with van der Waals surface area (Å²) in [6, 6.07) is 7.41. The van der Waals surface area contributed by atoms with Gasteiger partial charge in [0.2, 0.25) is 0 Å². The van der Waals surface area contributed by atoms with E-state index in [-0.39, 0.29) is 18.7 Å². The van der Waals surface area contributed by atoms with E-state index < -0.39 is 17.6 Å². The molecule has 2 rings (SSSR count). The zero-order chi connectivity index (χ0) is 18.6. The monoisotopic (exact) mass is 364 g/mol. The standard InChI is InChI=1S/C18H21ClN2O4/c1-10-4-6-14(7-5-10)25-9-13(22)8-20-17(23)15-11(2)16(19)12(3)21-18(15)24/h4-7,13,22H,8-9H2,1-3H3,(H,20,23)(H,21,24)/t13-/m0/s1. The third-order valence-corrected chi connectivity index (χ3v) is 4.32. The van der Waals surface area contributed by atoms with Crippen LogP contribution in [0, 0.1) is 20.8 Å². The van der Waals surface area contributed by atoms with E-state index in [1.54, 1.807) is 26.0 Å². The molecule has 6 nitrogen and oxygen atoms in total. The predicted molar refractivity (Wildman–Crippen MR) is 96.6 cm³/mol. The predicted octanol–water partition coefficient (Wildman–Crippen LogP) is 2.12. The molecule has 0 radical (unpaired) electrons. The Bertz CT molecular complexity index is 815. The fourth-order valence-corrected chi connectivity index (χ4v) is 2.45. The van der Waals surface area contributed by atoms with Crippen LogP contribution in [0.25, 0.3) is 0 Å². The number of benzene rings is 1. The average molecular weight is 365 g/mol. The Hall–Kier alpha value is -2.31. The van der Waals surface area contributed by atoms with Gasteiger partial charge in [0.15, 0.2) is 0 Å². The highest BCUT2D eigenvalue weighted by molar-refractivity contribution is 6.32. The first-order chi connectivity index (χ1) is 11.8. The third kappa shape index (κ3) is 4.84. The van der Waals surface area contributed by atoms with Crippen molar-refractivity contribution >= 4 is 17.5 Å². The van der Waals surface area contributed by atoms with Gasteiger partial charge in [-0.3, -0.25) is 9.59 Å². The largest absolute Gasteiger partial charge is 0.491 e. The summed E-state index contributed by atoms with van der Waals surface area (Å²) in [7, 11) is 0. The number of aliphatic hydroxyl groups is 1. The first-order valence-electron chi connectivity index (χ1n) is 7.84. The molecule has 0 unspecified atom stereocenters. The van der Waals surface area contributed by atoms with Gasteiger partial charge in [0.05, 0.1) is 5.02 Å². The van der Waals surface area contributed by atoms with Crippen LogP contribution in [0.15, 0.2) is 29.1 Å². The van der Waals surface area contributed by atoms with E-state index in [1.807, 2.05) is 19.1 Å². The number of rotatable bonds is 6. The second kappa shape index (κ2) is 8.18. The number of hydrogen-bond donors (Lipinski definition) is 3. The van der Waals surface area contributed by atoms with Crippen LogP contribution in [-0.4, -0.2) is 35.3 Å². The first kappa shape index (κ1) is 19.0. The van der Waals surface area contributed by atoms with Crippen molar-refractivity contribution in [3.63, 3.8) is 0 Å². The van der Waals surface area contributed by atoms with Crippen molar-refractivity contribution in [3.05, 3.63) is 62.0 Å². The van der Waals surface area contributed by atoms with Crippen molar-refractivity contribution in [3.8, 4) is 5.75 Å². The molecule has 0 saturated carbocycles. The minimum Gasteiger partial charge on any atom is -0.491 e. The Morgan fingerprint density at radius 1 is 1.28 bits per heavy atom. The number of ether oxygens (including phenoxy) is 1. The summed E-state index contributed by atoms with van der Waals surface area (Å²) in [5.41, 5.74) is 1.46. The molecule has 3 N–H and O–H groups in total. The van der Waals surface area contributed by atoms with Gasteiger partial charge in [0.1, 0.15) is 24.0 Å². The van der Waals surface area contributed by atoms with Crippen LogP contribution in [0.5, 0.6) is 5.75 Å². The van der Waals surface area contributed by atoms with Gasteiger partial charge < -0.3 is 20.1 Å². The third-order valence-electron chi connectivity index (χ3n) is 3.75. The molecule has 0 aliphatic rings. The number of aryl methyl sites for hydroxylation is 2. The van der Waals surface area contributed by atoms with Crippen LogP contribution in [0.3, 0.4) is 0 Å². The number of pyridine rings is 1. The molecule has 0 saturated heterocycles. The Balaban J connectivity index is 1.92. The highest BCUT2D eigenvalue weighted by Gasteiger charge is 2.18. The van der Waals surface area contributed by atoms with Gasteiger partial charge in [-0.05, 0) is 38.5 Å². The zero-order valence-corrected chi connectivity index (χ0v) is 15.1. The lowest BCUT2D eigenvalue weighted by Gasteiger charge is -2.14. The number of carbonyl (C=O) groups is 1. The normalized spacial score (nSPS) is 11.9. The lowest BCUT2D eigenvalue weighted by Crippen LogP contribution is -2.38. The molecule has 0 bridgehead atoms. The summed E-state index contributed by atoms with van der Waals surface area (Å²) < 4.78 is 5.45. The van der Waals surface area contributed by atoms with E-state index in [2.05, 4.69) is 10.3 Å². The molecule has 1 amide bonds. The molecule has 1 atom stereocenters. The van der Waals surface area contributed by atoms with Gasteiger partial charge in [-0.25, -0.2) is 0 Å². The summed E-state index contributed by atoms with van der Waals surface area (Å²) >= 11 is 6.07. The number of aromatic nitrogens is 1. The second-order valence-corrected chi connectivity index (χ2v) is 6.26. The molecule has 134 valence electrons. The molecule has 0 aliphatic carbocycles. The molecule has 0 fully saturated rings. The molecular formula is C18H21ClN2O4. The Morgan fingerprint density at radius 3 is 2.56 bits per heavy atom. The van der Waals surface area contributed by atoms with Crippen LogP contribution in [0.2, 0.25) is 5.02 Å². The van der Waals surface area contributed by atoms with Crippen LogP contribution < -0.4 is 15.6 Å². The molecule has 2 aromatic rings. The quantitative estimate of drug-likeness (QED) is 0.732. The fourth-order valence-electron chi connectivity index (χ4n) is 2.31. The number of aliphatic hydroxyl groups excluding tert-OH is 1. The SMILES string of the molecule is Cc1ccc(OC[C@@H](O)CNC(=O)c2c(C)c(Cl)c(C)[nH]c2=O)cc1. The highest BCUT2D eigenvalue weighted by atomic mass is 35.5. The number of halogens is 1.